The number of aromatic nitrogens is 1. The van der Waals surface area contributed by atoms with E-state index in [2.05, 4.69) is 79.9 Å². The molecule has 0 spiro atoms. The summed E-state index contributed by atoms with van der Waals surface area (Å²) in [6.07, 6.45) is 3.28. The molecule has 1 heterocycles. The molecule has 0 saturated heterocycles. The van der Waals surface area contributed by atoms with Gasteiger partial charge in [-0.2, -0.15) is 10.5 Å². The van der Waals surface area contributed by atoms with Crippen LogP contribution in [-0.2, 0) is 17.7 Å². The highest BCUT2D eigenvalue weighted by molar-refractivity contribution is 8.12. The van der Waals surface area contributed by atoms with Crippen LogP contribution in [0.2, 0.25) is 0 Å². The molecule has 0 N–H and O–H groups in total. The number of hydrogen-bond donors (Lipinski definition) is 0. The first-order valence-electron chi connectivity index (χ1n) is 9.52. The molecule has 1 aliphatic rings. The van der Waals surface area contributed by atoms with Crippen molar-refractivity contribution in [2.24, 2.45) is 0 Å². The van der Waals surface area contributed by atoms with Crippen LogP contribution < -0.4 is 0 Å². The smallest absolute Gasteiger partial charge is 0.0632 e. The van der Waals surface area contributed by atoms with Crippen molar-refractivity contribution in [3.05, 3.63) is 59.2 Å². The summed E-state index contributed by atoms with van der Waals surface area (Å²) in [4.78, 5) is 0. The molecule has 26 heavy (non-hydrogen) atoms. The molecular weight excluding hydrogens is 334 g/mol. The van der Waals surface area contributed by atoms with E-state index < -0.39 is 0 Å². The maximum absolute atomic E-state index is 4.27. The van der Waals surface area contributed by atoms with Gasteiger partial charge in [0.15, 0.2) is 0 Å². The van der Waals surface area contributed by atoms with Crippen molar-refractivity contribution in [2.45, 2.75) is 52.3 Å². The van der Waals surface area contributed by atoms with Crippen molar-refractivity contribution in [2.75, 3.05) is 6.26 Å². The normalized spacial score (nSPS) is 13.8. The van der Waals surface area contributed by atoms with Crippen LogP contribution in [-0.4, -0.2) is 16.7 Å². The fraction of sp³-hybridized carbons (Fsp3) is 0.375. The van der Waals surface area contributed by atoms with Gasteiger partial charge in [-0.1, -0.05) is 70.8 Å². The summed E-state index contributed by atoms with van der Waals surface area (Å²) in [5.41, 5.74) is 8.75. The molecule has 0 aliphatic heterocycles. The van der Waals surface area contributed by atoms with E-state index in [0.29, 0.717) is 0 Å². The Labute approximate surface area is 161 Å². The Morgan fingerprint density at radius 2 is 1.77 bits per heavy atom. The second-order valence-corrected chi connectivity index (χ2v) is 9.80. The summed E-state index contributed by atoms with van der Waals surface area (Å²) in [6, 6.07) is 15.9. The lowest BCUT2D eigenvalue weighted by molar-refractivity contribution is 0.591. The van der Waals surface area contributed by atoms with E-state index in [9.17, 15) is 0 Å². The predicted octanol–water partition coefficient (Wildman–Crippen LogP) is 6.82. The van der Waals surface area contributed by atoms with Gasteiger partial charge in [-0.15, -0.1) is 0 Å². The zero-order valence-corrected chi connectivity index (χ0v) is 17.8. The lowest BCUT2D eigenvalue weighted by atomic mass is 9.86. The average Bonchev–Trinajstić information content (AvgIpc) is 3.11. The molecule has 1 unspecified atom stereocenters. The van der Waals surface area contributed by atoms with E-state index in [1.807, 2.05) is 13.8 Å². The Kier molecular flexibility index (Phi) is 5.16. The molecule has 0 fully saturated rings. The van der Waals surface area contributed by atoms with Crippen LogP contribution in [0.25, 0.3) is 22.2 Å². The maximum atomic E-state index is 4.27. The largest absolute Gasteiger partial charge is 0.331 e. The van der Waals surface area contributed by atoms with Crippen molar-refractivity contribution in [3.63, 3.8) is 0 Å². The van der Waals surface area contributed by atoms with E-state index in [1.54, 1.807) is 0 Å². The van der Waals surface area contributed by atoms with Crippen LogP contribution >= 0.6 is 10.5 Å². The lowest BCUT2D eigenvalue weighted by Gasteiger charge is -2.19. The van der Waals surface area contributed by atoms with Gasteiger partial charge in [0.25, 0.3) is 0 Å². The van der Waals surface area contributed by atoms with Gasteiger partial charge in [-0.05, 0) is 40.5 Å². The summed E-state index contributed by atoms with van der Waals surface area (Å²) in [7, 11) is 0.120. The molecule has 1 nitrogen and oxygen atoms in total. The Balaban J connectivity index is 0.000000948. The molecule has 1 atom stereocenters. The molecule has 1 aromatic heterocycles. The minimum atomic E-state index is 0.120. The summed E-state index contributed by atoms with van der Waals surface area (Å²) < 4.78 is 2.51. The van der Waals surface area contributed by atoms with Crippen molar-refractivity contribution in [3.8, 4) is 11.3 Å². The predicted molar refractivity (Wildman–Crippen MR) is 121 cm³/mol. The van der Waals surface area contributed by atoms with Crippen molar-refractivity contribution in [1.82, 2.24) is 4.57 Å². The Hall–Kier alpha value is -1.80. The third-order valence-electron chi connectivity index (χ3n) is 5.02. The molecule has 1 aliphatic carbocycles. The van der Waals surface area contributed by atoms with Gasteiger partial charge >= 0.3 is 0 Å². The van der Waals surface area contributed by atoms with Gasteiger partial charge in [-0.25, -0.2) is 0 Å². The molecule has 2 heteroatoms. The highest BCUT2D eigenvalue weighted by atomic mass is 32.2. The fourth-order valence-electron chi connectivity index (χ4n) is 3.83. The summed E-state index contributed by atoms with van der Waals surface area (Å²) in [5, 5.41) is 1.43. The number of fused-ring (bicyclic) bond motifs is 5. The number of benzene rings is 2. The first-order valence-corrected chi connectivity index (χ1v) is 11.5. The summed E-state index contributed by atoms with van der Waals surface area (Å²) >= 11 is 0. The SMILES string of the molecule is C=S(C)Cn1c2c(c3cc(C(C)(C)C)ccc31)Cc1ccccc1-2.CC. The molecule has 3 aromatic rings. The fourth-order valence-corrected chi connectivity index (χ4v) is 4.54. The maximum Gasteiger partial charge on any atom is 0.0632 e. The Bertz CT molecular complexity index is 970. The minimum absolute atomic E-state index is 0.120. The average molecular weight is 366 g/mol. The van der Waals surface area contributed by atoms with Crippen molar-refractivity contribution in [1.29, 1.82) is 0 Å². The minimum Gasteiger partial charge on any atom is -0.331 e. The van der Waals surface area contributed by atoms with E-state index in [1.165, 1.54) is 38.9 Å². The molecular formula is C24H31NS. The van der Waals surface area contributed by atoms with E-state index in [0.717, 1.165) is 12.3 Å². The van der Waals surface area contributed by atoms with E-state index >= 15 is 0 Å². The number of hydrogen-bond acceptors (Lipinski definition) is 0. The Morgan fingerprint density at radius 3 is 2.42 bits per heavy atom. The van der Waals surface area contributed by atoms with E-state index in [-0.39, 0.29) is 15.9 Å². The lowest BCUT2D eigenvalue weighted by Crippen LogP contribution is -2.10. The van der Waals surface area contributed by atoms with Crippen LogP contribution in [0, 0.1) is 0 Å². The summed E-state index contributed by atoms with van der Waals surface area (Å²) in [5.74, 6) is 5.26. The topological polar surface area (TPSA) is 4.93 Å². The molecule has 0 bridgehead atoms. The molecule has 0 saturated carbocycles. The van der Waals surface area contributed by atoms with Gasteiger partial charge in [-0.3, -0.25) is 0 Å². The molecule has 0 radical (unpaired) electrons. The second kappa shape index (κ2) is 7.08. The van der Waals surface area contributed by atoms with Crippen LogP contribution in [0.1, 0.15) is 51.3 Å². The molecule has 138 valence electrons. The molecule has 0 amide bonds. The van der Waals surface area contributed by atoms with Gasteiger partial charge in [0.1, 0.15) is 0 Å². The third-order valence-corrected chi connectivity index (χ3v) is 5.72. The molecule has 2 aromatic carbocycles. The Morgan fingerprint density at radius 1 is 1.08 bits per heavy atom. The molecule has 4 rings (SSSR count). The van der Waals surface area contributed by atoms with Gasteiger partial charge in [0.2, 0.25) is 0 Å². The van der Waals surface area contributed by atoms with Crippen LogP contribution in [0.4, 0.5) is 0 Å². The zero-order valence-electron chi connectivity index (χ0n) is 17.0. The second-order valence-electron chi connectivity index (χ2n) is 7.98. The van der Waals surface area contributed by atoms with Gasteiger partial charge in [0.05, 0.1) is 11.6 Å². The van der Waals surface area contributed by atoms with E-state index in [4.69, 9.17) is 0 Å². The quantitative estimate of drug-likeness (QED) is 0.343. The number of rotatable bonds is 2. The highest BCUT2D eigenvalue weighted by Gasteiger charge is 2.27. The monoisotopic (exact) mass is 365 g/mol. The van der Waals surface area contributed by atoms with Crippen molar-refractivity contribution < 1.29 is 0 Å². The standard InChI is InChI=1S/C22H25NS.C2H6/c1-22(2,3)16-10-11-20-18(13-16)19-12-15-8-6-7-9-17(15)21(19)23(20)14-24(4)5;1-2/h6-11,13H,4,12,14H2,1-3,5H3;1-2H3. The van der Waals surface area contributed by atoms with Crippen LogP contribution in [0.5, 0.6) is 0 Å². The van der Waals surface area contributed by atoms with Crippen molar-refractivity contribution >= 4 is 27.3 Å². The first-order chi connectivity index (χ1) is 12.4. The van der Waals surface area contributed by atoms with Gasteiger partial charge in [0, 0.05) is 22.9 Å². The number of nitrogens with zero attached hydrogens (tertiary/aromatic N) is 1. The van der Waals surface area contributed by atoms with Crippen LogP contribution in [0.15, 0.2) is 42.5 Å². The van der Waals surface area contributed by atoms with Gasteiger partial charge < -0.3 is 4.57 Å². The van der Waals surface area contributed by atoms with Crippen LogP contribution in [0.3, 0.4) is 0 Å². The highest BCUT2D eigenvalue weighted by Crippen LogP contribution is 2.44. The zero-order chi connectivity index (χ0) is 19.1. The third kappa shape index (κ3) is 3.16. The summed E-state index contributed by atoms with van der Waals surface area (Å²) in [6.45, 7) is 10.9. The first kappa shape index (κ1) is 19.0.